The Labute approximate surface area is 223 Å². The molecule has 36 heavy (non-hydrogen) atoms. The molecule has 1 aliphatic heterocycles. The van der Waals surface area contributed by atoms with E-state index in [1.54, 1.807) is 23.1 Å². The minimum atomic E-state index is -0.646. The maximum absolute atomic E-state index is 13.9. The zero-order chi connectivity index (χ0) is 25.7. The lowest BCUT2D eigenvalue weighted by atomic mass is 9.97. The van der Waals surface area contributed by atoms with Crippen LogP contribution in [-0.4, -0.2) is 36.7 Å². The first-order chi connectivity index (χ1) is 17.4. The van der Waals surface area contributed by atoms with Crippen LogP contribution >= 0.6 is 23.2 Å². The molecule has 2 unspecified atom stereocenters. The number of nitrogens with zero attached hydrogens (tertiary/aromatic N) is 2. The van der Waals surface area contributed by atoms with E-state index in [0.717, 1.165) is 31.2 Å². The first-order valence-corrected chi connectivity index (χ1v) is 13.5. The van der Waals surface area contributed by atoms with Crippen LogP contribution in [0, 0.1) is 5.92 Å². The van der Waals surface area contributed by atoms with Crippen LogP contribution in [0.4, 0.5) is 5.69 Å². The number of allylic oxidation sites excluding steroid dienone is 1. The molecule has 1 aliphatic carbocycles. The van der Waals surface area contributed by atoms with E-state index in [1.807, 2.05) is 38.1 Å². The van der Waals surface area contributed by atoms with Gasteiger partial charge in [-0.3, -0.25) is 14.6 Å². The number of carbonyl (C=O) groups excluding carboxylic acids is 2. The molecule has 0 aromatic heterocycles. The third-order valence-corrected chi connectivity index (χ3v) is 7.62. The fourth-order valence-corrected chi connectivity index (χ4v) is 5.19. The highest BCUT2D eigenvalue weighted by Crippen LogP contribution is 2.34. The number of aliphatic imine (C=N–C) groups is 1. The van der Waals surface area contributed by atoms with Crippen molar-refractivity contribution < 1.29 is 9.59 Å². The Bertz CT molecular complexity index is 1190. The molecule has 2 aromatic carbocycles. The van der Waals surface area contributed by atoms with E-state index in [2.05, 4.69) is 11.4 Å². The summed E-state index contributed by atoms with van der Waals surface area (Å²) in [6.45, 7) is 4.53. The Hall–Kier alpha value is -2.63. The summed E-state index contributed by atoms with van der Waals surface area (Å²) >= 11 is 13.0. The Morgan fingerprint density at radius 3 is 2.69 bits per heavy atom. The van der Waals surface area contributed by atoms with Crippen LogP contribution in [0.5, 0.6) is 0 Å². The summed E-state index contributed by atoms with van der Waals surface area (Å²) in [5.41, 5.74) is 4.05. The molecule has 2 aromatic rings. The van der Waals surface area contributed by atoms with Crippen LogP contribution in [0.3, 0.4) is 0 Å². The number of anilines is 1. The first-order valence-electron chi connectivity index (χ1n) is 12.8. The molecule has 5 nitrogen and oxygen atoms in total. The third-order valence-electron chi connectivity index (χ3n) is 7.06. The number of amides is 2. The fraction of sp³-hybridized carbons (Fsp3) is 0.414. The summed E-state index contributed by atoms with van der Waals surface area (Å²) in [6, 6.07) is 12.1. The van der Waals surface area contributed by atoms with Crippen LogP contribution in [0.1, 0.15) is 63.5 Å². The lowest BCUT2D eigenvalue weighted by molar-refractivity contribution is -0.124. The van der Waals surface area contributed by atoms with Gasteiger partial charge in [-0.1, -0.05) is 73.3 Å². The van der Waals surface area contributed by atoms with Crippen molar-refractivity contribution in [3.05, 3.63) is 75.3 Å². The van der Waals surface area contributed by atoms with Crippen LogP contribution in [-0.2, 0) is 9.59 Å². The molecule has 0 saturated carbocycles. The standard InChI is InChI=1S/C29H33Cl2N3O2/c1-3-19(2)27-29(36)34(18-26(35)32-16-15-20-9-5-4-6-10-20)25-14-13-21(30)17-23(25)28(33-27)22-11-7-8-12-24(22)31/h7-9,11-14,17,19,27H,3-6,10,15-16,18H2,1-2H3,(H,32,35). The molecule has 0 radical (unpaired) electrons. The van der Waals surface area contributed by atoms with Crippen LogP contribution in [0.2, 0.25) is 10.0 Å². The van der Waals surface area contributed by atoms with Gasteiger partial charge in [0.05, 0.1) is 11.4 Å². The second kappa shape index (κ2) is 12.1. The molecule has 1 N–H and O–H groups in total. The van der Waals surface area contributed by atoms with E-state index in [9.17, 15) is 9.59 Å². The van der Waals surface area contributed by atoms with Crippen molar-refractivity contribution >= 4 is 46.4 Å². The van der Waals surface area contributed by atoms with E-state index in [1.165, 1.54) is 18.4 Å². The molecule has 7 heteroatoms. The number of nitrogens with one attached hydrogen (secondary N) is 1. The van der Waals surface area contributed by atoms with Crippen LogP contribution < -0.4 is 10.2 Å². The molecule has 2 atom stereocenters. The molecule has 0 fully saturated rings. The third kappa shape index (κ3) is 6.01. The van der Waals surface area contributed by atoms with E-state index < -0.39 is 6.04 Å². The average molecular weight is 527 g/mol. The molecular weight excluding hydrogens is 493 g/mol. The quantitative estimate of drug-likeness (QED) is 0.394. The van der Waals surface area contributed by atoms with Crippen molar-refractivity contribution in [1.82, 2.24) is 5.32 Å². The molecule has 0 spiro atoms. The van der Waals surface area contributed by atoms with Gasteiger partial charge in [0.1, 0.15) is 12.6 Å². The molecule has 0 saturated heterocycles. The van der Waals surface area contributed by atoms with E-state index in [4.69, 9.17) is 28.2 Å². The molecule has 4 rings (SSSR count). The fourth-order valence-electron chi connectivity index (χ4n) is 4.79. The molecule has 0 bridgehead atoms. The van der Waals surface area contributed by atoms with Crippen LogP contribution in [0.25, 0.3) is 0 Å². The minimum Gasteiger partial charge on any atom is -0.354 e. The number of hydrogen-bond donors (Lipinski definition) is 1. The zero-order valence-electron chi connectivity index (χ0n) is 20.9. The van der Waals surface area contributed by atoms with Crippen molar-refractivity contribution in [3.8, 4) is 0 Å². The topological polar surface area (TPSA) is 61.8 Å². The van der Waals surface area contributed by atoms with Gasteiger partial charge in [0.25, 0.3) is 5.91 Å². The predicted octanol–water partition coefficient (Wildman–Crippen LogP) is 6.60. The zero-order valence-corrected chi connectivity index (χ0v) is 22.4. The van der Waals surface area contributed by atoms with Gasteiger partial charge in [-0.2, -0.15) is 0 Å². The Morgan fingerprint density at radius 2 is 1.97 bits per heavy atom. The average Bonchev–Trinajstić information content (AvgIpc) is 2.99. The lowest BCUT2D eigenvalue weighted by Crippen LogP contribution is -2.46. The molecular formula is C29H33Cl2N3O2. The van der Waals surface area contributed by atoms with Crippen molar-refractivity contribution in [2.75, 3.05) is 18.0 Å². The number of benzodiazepines with no additional fused rings is 1. The summed E-state index contributed by atoms with van der Waals surface area (Å²) in [5, 5.41) is 4.08. The van der Waals surface area contributed by atoms with Crippen LogP contribution in [0.15, 0.2) is 59.1 Å². The lowest BCUT2D eigenvalue weighted by Gasteiger charge is -2.27. The van der Waals surface area contributed by atoms with Gasteiger partial charge in [0, 0.05) is 27.7 Å². The Kier molecular flexibility index (Phi) is 8.86. The summed E-state index contributed by atoms with van der Waals surface area (Å²) in [5.74, 6) is -0.409. The van der Waals surface area contributed by atoms with Gasteiger partial charge in [-0.05, 0) is 62.3 Å². The van der Waals surface area contributed by atoms with Crippen molar-refractivity contribution in [2.24, 2.45) is 10.9 Å². The largest absolute Gasteiger partial charge is 0.354 e. The minimum absolute atomic E-state index is 0.0245. The van der Waals surface area contributed by atoms with E-state index >= 15 is 0 Å². The highest BCUT2D eigenvalue weighted by molar-refractivity contribution is 6.37. The highest BCUT2D eigenvalue weighted by Gasteiger charge is 2.36. The summed E-state index contributed by atoms with van der Waals surface area (Å²) in [7, 11) is 0. The van der Waals surface area contributed by atoms with Crippen molar-refractivity contribution in [1.29, 1.82) is 0 Å². The van der Waals surface area contributed by atoms with E-state index in [-0.39, 0.29) is 24.3 Å². The van der Waals surface area contributed by atoms with Gasteiger partial charge in [-0.15, -0.1) is 0 Å². The molecule has 2 amide bonds. The summed E-state index contributed by atoms with van der Waals surface area (Å²) in [4.78, 5) is 33.4. The van der Waals surface area contributed by atoms with Gasteiger partial charge in [0.2, 0.25) is 5.91 Å². The predicted molar refractivity (Wildman–Crippen MR) is 148 cm³/mol. The molecule has 1 heterocycles. The molecule has 2 aliphatic rings. The van der Waals surface area contributed by atoms with Gasteiger partial charge in [-0.25, -0.2) is 0 Å². The summed E-state index contributed by atoms with van der Waals surface area (Å²) < 4.78 is 0. The van der Waals surface area contributed by atoms with E-state index in [0.29, 0.717) is 33.6 Å². The summed E-state index contributed by atoms with van der Waals surface area (Å²) in [6.07, 6.45) is 8.59. The number of benzene rings is 2. The van der Waals surface area contributed by atoms with Gasteiger partial charge < -0.3 is 10.2 Å². The normalized spacial score (nSPS) is 18.6. The smallest absolute Gasteiger partial charge is 0.252 e. The second-order valence-corrected chi connectivity index (χ2v) is 10.4. The Balaban J connectivity index is 1.67. The number of carbonyl (C=O) groups is 2. The first kappa shape index (κ1) is 26.4. The van der Waals surface area contributed by atoms with Gasteiger partial charge in [0.15, 0.2) is 0 Å². The SMILES string of the molecule is CCC(C)C1N=C(c2ccccc2Cl)c2cc(Cl)ccc2N(CC(=O)NCCC2=CCCCC2)C1=O. The maximum atomic E-state index is 13.9. The maximum Gasteiger partial charge on any atom is 0.252 e. The number of halogens is 2. The molecule has 190 valence electrons. The van der Waals surface area contributed by atoms with Gasteiger partial charge >= 0.3 is 0 Å². The van der Waals surface area contributed by atoms with Crippen molar-refractivity contribution in [2.45, 2.75) is 58.4 Å². The van der Waals surface area contributed by atoms with Crippen molar-refractivity contribution in [3.63, 3.8) is 0 Å². The number of fused-ring (bicyclic) bond motifs is 1. The second-order valence-electron chi connectivity index (χ2n) is 9.58. The Morgan fingerprint density at radius 1 is 1.17 bits per heavy atom. The monoisotopic (exact) mass is 525 g/mol. The highest BCUT2D eigenvalue weighted by atomic mass is 35.5. The number of hydrogen-bond acceptors (Lipinski definition) is 3. The number of rotatable bonds is 8.